The van der Waals surface area contributed by atoms with Crippen molar-refractivity contribution in [3.63, 3.8) is 0 Å². The van der Waals surface area contributed by atoms with Crippen molar-refractivity contribution in [1.82, 2.24) is 25.5 Å². The van der Waals surface area contributed by atoms with Gasteiger partial charge in [-0.05, 0) is 25.3 Å². The first-order valence-electron chi connectivity index (χ1n) is 6.01. The molecule has 0 atom stereocenters. The van der Waals surface area contributed by atoms with E-state index < -0.39 is 0 Å². The van der Waals surface area contributed by atoms with Crippen molar-refractivity contribution in [2.45, 2.75) is 19.8 Å². The number of anilines is 1. The van der Waals surface area contributed by atoms with E-state index >= 15 is 0 Å². The van der Waals surface area contributed by atoms with Crippen molar-refractivity contribution in [2.75, 3.05) is 12.3 Å². The molecule has 0 saturated heterocycles. The zero-order chi connectivity index (χ0) is 13.7. The summed E-state index contributed by atoms with van der Waals surface area (Å²) < 4.78 is 0. The number of hydrogen-bond acceptors (Lipinski definition) is 5. The van der Waals surface area contributed by atoms with Crippen LogP contribution in [0.4, 0.5) is 5.82 Å². The second-order valence-corrected chi connectivity index (χ2v) is 4.21. The van der Waals surface area contributed by atoms with Crippen LogP contribution in [0, 0.1) is 6.92 Å². The van der Waals surface area contributed by atoms with Crippen molar-refractivity contribution in [3.05, 3.63) is 35.5 Å². The summed E-state index contributed by atoms with van der Waals surface area (Å²) >= 11 is 0. The maximum atomic E-state index is 11.7. The van der Waals surface area contributed by atoms with E-state index in [0.717, 1.165) is 18.5 Å². The molecule has 0 aliphatic rings. The number of hydrogen-bond donors (Lipinski definition) is 3. The Morgan fingerprint density at radius 3 is 2.84 bits per heavy atom. The van der Waals surface area contributed by atoms with Gasteiger partial charge in [0.15, 0.2) is 0 Å². The topological polar surface area (TPSA) is 110 Å². The first-order chi connectivity index (χ1) is 9.16. The molecule has 0 saturated carbocycles. The Balaban J connectivity index is 1.75. The summed E-state index contributed by atoms with van der Waals surface area (Å²) in [5, 5.41) is 9.62. The molecule has 0 radical (unpaired) electrons. The largest absolute Gasteiger partial charge is 0.382 e. The molecule has 2 heterocycles. The van der Waals surface area contributed by atoms with Gasteiger partial charge < -0.3 is 11.1 Å². The highest BCUT2D eigenvalue weighted by Gasteiger charge is 2.07. The van der Waals surface area contributed by atoms with Crippen LogP contribution in [0.5, 0.6) is 0 Å². The maximum Gasteiger partial charge on any atom is 0.271 e. The minimum absolute atomic E-state index is 0.239. The predicted octanol–water partition coefficient (Wildman–Crippen LogP) is 0.453. The molecule has 19 heavy (non-hydrogen) atoms. The average molecular weight is 260 g/mol. The van der Waals surface area contributed by atoms with Crippen LogP contribution in [0.2, 0.25) is 0 Å². The van der Waals surface area contributed by atoms with Gasteiger partial charge in [-0.1, -0.05) is 0 Å². The average Bonchev–Trinajstić information content (AvgIpc) is 2.81. The number of nitrogens with two attached hydrogens (primary N) is 1. The molecule has 2 rings (SSSR count). The summed E-state index contributed by atoms with van der Waals surface area (Å²) in [5.74, 6) is 0.0587. The maximum absolute atomic E-state index is 11.7. The first-order valence-corrected chi connectivity index (χ1v) is 6.01. The molecule has 100 valence electrons. The van der Waals surface area contributed by atoms with E-state index in [2.05, 4.69) is 25.5 Å². The monoisotopic (exact) mass is 260 g/mol. The molecule has 2 aromatic rings. The Labute approximate surface area is 110 Å². The van der Waals surface area contributed by atoms with Gasteiger partial charge in [-0.3, -0.25) is 9.89 Å². The molecule has 0 aliphatic carbocycles. The lowest BCUT2D eigenvalue weighted by Gasteiger charge is -2.04. The van der Waals surface area contributed by atoms with Gasteiger partial charge in [0.05, 0.1) is 18.6 Å². The number of amides is 1. The fourth-order valence-corrected chi connectivity index (χ4v) is 1.65. The zero-order valence-electron chi connectivity index (χ0n) is 10.7. The molecule has 7 nitrogen and oxygen atoms in total. The molecule has 7 heteroatoms. The van der Waals surface area contributed by atoms with Crippen LogP contribution in [-0.4, -0.2) is 32.6 Å². The Kier molecular flexibility index (Phi) is 4.07. The normalized spacial score (nSPS) is 10.4. The van der Waals surface area contributed by atoms with Crippen molar-refractivity contribution in [3.8, 4) is 0 Å². The van der Waals surface area contributed by atoms with Crippen molar-refractivity contribution >= 4 is 11.7 Å². The van der Waals surface area contributed by atoms with Crippen molar-refractivity contribution in [1.29, 1.82) is 0 Å². The van der Waals surface area contributed by atoms with E-state index in [4.69, 9.17) is 5.73 Å². The van der Waals surface area contributed by atoms with Crippen LogP contribution >= 0.6 is 0 Å². The van der Waals surface area contributed by atoms with Gasteiger partial charge >= 0.3 is 0 Å². The molecule has 0 bridgehead atoms. The summed E-state index contributed by atoms with van der Waals surface area (Å²) in [7, 11) is 0. The van der Waals surface area contributed by atoms with Gasteiger partial charge in [0.1, 0.15) is 11.5 Å². The van der Waals surface area contributed by atoms with Gasteiger partial charge in [-0.25, -0.2) is 9.97 Å². The predicted molar refractivity (Wildman–Crippen MR) is 70.4 cm³/mol. The molecule has 0 fully saturated rings. The van der Waals surface area contributed by atoms with E-state index in [-0.39, 0.29) is 11.6 Å². The van der Waals surface area contributed by atoms with E-state index in [1.54, 1.807) is 0 Å². The first kappa shape index (κ1) is 13.0. The van der Waals surface area contributed by atoms with Gasteiger partial charge in [-0.2, -0.15) is 5.10 Å². The van der Waals surface area contributed by atoms with Gasteiger partial charge in [0.25, 0.3) is 5.91 Å². The standard InChI is InChI=1S/C12H16N6O/c1-8-9(5-17-18-8)3-2-4-14-12(19)10-6-16-11(13)7-15-10/h5-7H,2-4H2,1H3,(H2,13,16)(H,14,19)(H,17,18). The van der Waals surface area contributed by atoms with Gasteiger partial charge in [-0.15, -0.1) is 0 Å². The molecular formula is C12H16N6O. The summed E-state index contributed by atoms with van der Waals surface area (Å²) in [6, 6.07) is 0. The van der Waals surface area contributed by atoms with E-state index in [1.807, 2.05) is 13.1 Å². The molecule has 0 aromatic carbocycles. The fourth-order valence-electron chi connectivity index (χ4n) is 1.65. The number of aryl methyl sites for hydroxylation is 2. The summed E-state index contributed by atoms with van der Waals surface area (Å²) in [6.45, 7) is 2.56. The Hall–Kier alpha value is -2.44. The zero-order valence-corrected chi connectivity index (χ0v) is 10.7. The second-order valence-electron chi connectivity index (χ2n) is 4.21. The molecule has 1 amide bonds. The number of rotatable bonds is 5. The molecule has 4 N–H and O–H groups in total. The van der Waals surface area contributed by atoms with Crippen LogP contribution < -0.4 is 11.1 Å². The fraction of sp³-hybridized carbons (Fsp3) is 0.333. The lowest BCUT2D eigenvalue weighted by molar-refractivity contribution is 0.0948. The number of H-pyrrole nitrogens is 1. The van der Waals surface area contributed by atoms with Crippen LogP contribution in [0.1, 0.15) is 28.2 Å². The van der Waals surface area contributed by atoms with Crippen LogP contribution in [0.3, 0.4) is 0 Å². The number of carbonyl (C=O) groups is 1. The summed E-state index contributed by atoms with van der Waals surface area (Å²) in [4.78, 5) is 19.4. The molecule has 0 unspecified atom stereocenters. The number of aromatic nitrogens is 4. The Morgan fingerprint density at radius 2 is 2.21 bits per heavy atom. The van der Waals surface area contributed by atoms with E-state index in [9.17, 15) is 4.79 Å². The SMILES string of the molecule is Cc1[nH]ncc1CCCNC(=O)c1cnc(N)cn1. The highest BCUT2D eigenvalue weighted by molar-refractivity contribution is 5.91. The molecular weight excluding hydrogens is 244 g/mol. The minimum Gasteiger partial charge on any atom is -0.382 e. The molecule has 0 spiro atoms. The third-order valence-electron chi connectivity index (χ3n) is 2.75. The number of nitrogens with one attached hydrogen (secondary N) is 2. The number of nitrogen functional groups attached to an aromatic ring is 1. The lowest BCUT2D eigenvalue weighted by Crippen LogP contribution is -2.25. The van der Waals surface area contributed by atoms with E-state index in [1.165, 1.54) is 18.0 Å². The Bertz CT molecular complexity index is 548. The van der Waals surface area contributed by atoms with Gasteiger partial charge in [0, 0.05) is 12.2 Å². The van der Waals surface area contributed by atoms with Crippen LogP contribution in [0.15, 0.2) is 18.6 Å². The van der Waals surface area contributed by atoms with Crippen LogP contribution in [0.25, 0.3) is 0 Å². The quantitative estimate of drug-likeness (QED) is 0.676. The number of nitrogens with zero attached hydrogens (tertiary/aromatic N) is 3. The molecule has 0 aliphatic heterocycles. The number of carbonyl (C=O) groups excluding carboxylic acids is 1. The van der Waals surface area contributed by atoms with Crippen LogP contribution in [-0.2, 0) is 6.42 Å². The highest BCUT2D eigenvalue weighted by Crippen LogP contribution is 2.05. The van der Waals surface area contributed by atoms with Crippen molar-refractivity contribution < 1.29 is 4.79 Å². The van der Waals surface area contributed by atoms with Crippen molar-refractivity contribution in [2.24, 2.45) is 0 Å². The summed E-state index contributed by atoms with van der Waals surface area (Å²) in [6.07, 6.45) is 6.25. The Morgan fingerprint density at radius 1 is 1.37 bits per heavy atom. The number of aromatic amines is 1. The third kappa shape index (κ3) is 3.51. The molecule has 2 aromatic heterocycles. The van der Waals surface area contributed by atoms with E-state index in [0.29, 0.717) is 12.4 Å². The summed E-state index contributed by atoms with van der Waals surface area (Å²) in [5.41, 5.74) is 7.91. The highest BCUT2D eigenvalue weighted by atomic mass is 16.1. The smallest absolute Gasteiger partial charge is 0.271 e. The second kappa shape index (κ2) is 5.94. The lowest BCUT2D eigenvalue weighted by atomic mass is 10.1. The minimum atomic E-state index is -0.239. The van der Waals surface area contributed by atoms with Gasteiger partial charge in [0.2, 0.25) is 0 Å². The third-order valence-corrected chi connectivity index (χ3v) is 2.75.